The monoisotopic (exact) mass is 376 g/mol. The van der Waals surface area contributed by atoms with Gasteiger partial charge in [-0.25, -0.2) is 0 Å². The average molecular weight is 376 g/mol. The zero-order valence-corrected chi connectivity index (χ0v) is 16.1. The number of fused-ring (bicyclic) bond motifs is 1. The minimum Gasteiger partial charge on any atom is -0.359 e. The molecule has 2 heterocycles. The smallest absolute Gasteiger partial charge is 0.258 e. The first-order chi connectivity index (χ1) is 13.1. The molecule has 0 N–H and O–H groups in total. The Morgan fingerprint density at radius 2 is 1.85 bits per heavy atom. The molecule has 27 heavy (non-hydrogen) atoms. The van der Waals surface area contributed by atoms with Crippen molar-refractivity contribution in [3.63, 3.8) is 0 Å². The molecule has 0 unspecified atom stereocenters. The van der Waals surface area contributed by atoms with Gasteiger partial charge in [-0.2, -0.15) is 0 Å². The van der Waals surface area contributed by atoms with Gasteiger partial charge in [0, 0.05) is 28.3 Å². The SMILES string of the molecule is Cc1cc(Cn2cc(C)c3ccc(SCc4ccccc4)cc3c2=O)on1. The first kappa shape index (κ1) is 17.6. The minimum absolute atomic E-state index is 0.00758. The van der Waals surface area contributed by atoms with Crippen LogP contribution in [0.3, 0.4) is 0 Å². The number of pyridine rings is 1. The van der Waals surface area contributed by atoms with Gasteiger partial charge in [-0.1, -0.05) is 41.6 Å². The van der Waals surface area contributed by atoms with E-state index in [1.54, 1.807) is 16.3 Å². The number of thioether (sulfide) groups is 1. The van der Waals surface area contributed by atoms with Crippen LogP contribution in [0.25, 0.3) is 10.8 Å². The van der Waals surface area contributed by atoms with Crippen molar-refractivity contribution in [1.29, 1.82) is 0 Å². The maximum Gasteiger partial charge on any atom is 0.258 e. The number of benzene rings is 2. The van der Waals surface area contributed by atoms with Gasteiger partial charge in [-0.05, 0) is 42.5 Å². The fraction of sp³-hybridized carbons (Fsp3) is 0.182. The van der Waals surface area contributed by atoms with Crippen molar-refractivity contribution in [2.75, 3.05) is 0 Å². The molecule has 2 aromatic carbocycles. The van der Waals surface area contributed by atoms with Gasteiger partial charge in [-0.3, -0.25) is 4.79 Å². The van der Waals surface area contributed by atoms with E-state index in [2.05, 4.69) is 23.4 Å². The highest BCUT2D eigenvalue weighted by Gasteiger charge is 2.10. The zero-order valence-electron chi connectivity index (χ0n) is 15.3. The molecule has 0 saturated carbocycles. The van der Waals surface area contributed by atoms with E-state index in [-0.39, 0.29) is 5.56 Å². The molecular formula is C22H20N2O2S. The van der Waals surface area contributed by atoms with Crippen molar-refractivity contribution in [2.24, 2.45) is 0 Å². The molecule has 4 aromatic rings. The lowest BCUT2D eigenvalue weighted by Crippen LogP contribution is -2.20. The van der Waals surface area contributed by atoms with Crippen molar-refractivity contribution in [2.45, 2.75) is 31.0 Å². The first-order valence-electron chi connectivity index (χ1n) is 8.83. The quantitative estimate of drug-likeness (QED) is 0.463. The standard InChI is InChI=1S/C22H20N2O2S/c1-15-12-24(13-18-10-16(2)23-26-18)22(25)21-11-19(8-9-20(15)21)27-14-17-6-4-3-5-7-17/h3-12H,13-14H2,1-2H3. The van der Waals surface area contributed by atoms with Gasteiger partial charge in [0.2, 0.25) is 0 Å². The normalized spacial score (nSPS) is 11.2. The summed E-state index contributed by atoms with van der Waals surface area (Å²) in [6, 6.07) is 18.3. The largest absolute Gasteiger partial charge is 0.359 e. The second kappa shape index (κ2) is 7.45. The summed E-state index contributed by atoms with van der Waals surface area (Å²) in [6.07, 6.45) is 1.89. The van der Waals surface area contributed by atoms with Gasteiger partial charge < -0.3 is 9.09 Å². The summed E-state index contributed by atoms with van der Waals surface area (Å²) in [5.74, 6) is 1.56. The fourth-order valence-corrected chi connectivity index (χ4v) is 4.06. The summed E-state index contributed by atoms with van der Waals surface area (Å²) in [5.41, 5.74) is 3.15. The number of rotatable bonds is 5. The van der Waals surface area contributed by atoms with E-state index in [0.717, 1.165) is 32.7 Å². The molecule has 4 nitrogen and oxygen atoms in total. The molecule has 0 aliphatic carbocycles. The molecule has 5 heteroatoms. The number of nitrogens with zero attached hydrogens (tertiary/aromatic N) is 2. The van der Waals surface area contributed by atoms with Crippen LogP contribution in [0.4, 0.5) is 0 Å². The van der Waals surface area contributed by atoms with Crippen LogP contribution in [-0.4, -0.2) is 9.72 Å². The third kappa shape index (κ3) is 3.83. The number of hydrogen-bond acceptors (Lipinski definition) is 4. The van der Waals surface area contributed by atoms with E-state index >= 15 is 0 Å². The lowest BCUT2D eigenvalue weighted by atomic mass is 10.1. The second-order valence-corrected chi connectivity index (χ2v) is 7.71. The van der Waals surface area contributed by atoms with E-state index in [1.165, 1.54) is 5.56 Å². The third-order valence-corrected chi connectivity index (χ3v) is 5.57. The van der Waals surface area contributed by atoms with Crippen LogP contribution in [0, 0.1) is 13.8 Å². The Bertz CT molecular complexity index is 1150. The molecule has 2 aromatic heterocycles. The highest BCUT2D eigenvalue weighted by molar-refractivity contribution is 7.98. The van der Waals surface area contributed by atoms with Crippen molar-refractivity contribution in [3.8, 4) is 0 Å². The van der Waals surface area contributed by atoms with Crippen LogP contribution in [0.2, 0.25) is 0 Å². The molecule has 0 saturated heterocycles. The van der Waals surface area contributed by atoms with Crippen LogP contribution < -0.4 is 5.56 Å². The fourth-order valence-electron chi connectivity index (χ4n) is 3.17. The Kier molecular flexibility index (Phi) is 4.86. The average Bonchev–Trinajstić information content (AvgIpc) is 3.09. The van der Waals surface area contributed by atoms with E-state index in [1.807, 2.05) is 56.4 Å². The zero-order chi connectivity index (χ0) is 18.8. The van der Waals surface area contributed by atoms with Crippen LogP contribution in [-0.2, 0) is 12.3 Å². The molecule has 136 valence electrons. The van der Waals surface area contributed by atoms with Gasteiger partial charge in [0.1, 0.15) is 0 Å². The summed E-state index contributed by atoms with van der Waals surface area (Å²) in [7, 11) is 0. The Hall–Kier alpha value is -2.79. The maximum atomic E-state index is 13.0. The molecule has 0 fully saturated rings. The van der Waals surface area contributed by atoms with Crippen LogP contribution in [0.1, 0.15) is 22.6 Å². The number of aryl methyl sites for hydroxylation is 2. The summed E-state index contributed by atoms with van der Waals surface area (Å²) in [6.45, 7) is 4.29. The Morgan fingerprint density at radius 3 is 2.59 bits per heavy atom. The topological polar surface area (TPSA) is 48.0 Å². The lowest BCUT2D eigenvalue weighted by molar-refractivity contribution is 0.372. The molecule has 0 bridgehead atoms. The van der Waals surface area contributed by atoms with Gasteiger partial charge in [0.05, 0.1) is 12.2 Å². The summed E-state index contributed by atoms with van der Waals surface area (Å²) in [4.78, 5) is 14.1. The summed E-state index contributed by atoms with van der Waals surface area (Å²) in [5, 5.41) is 5.64. The maximum absolute atomic E-state index is 13.0. The van der Waals surface area contributed by atoms with Gasteiger partial charge >= 0.3 is 0 Å². The molecule has 0 spiro atoms. The molecule has 0 aliphatic heterocycles. The van der Waals surface area contributed by atoms with E-state index < -0.39 is 0 Å². The molecule has 0 amide bonds. The van der Waals surface area contributed by atoms with Crippen LogP contribution in [0.5, 0.6) is 0 Å². The van der Waals surface area contributed by atoms with Crippen LogP contribution in [0.15, 0.2) is 75.0 Å². The highest BCUT2D eigenvalue weighted by atomic mass is 32.2. The summed E-state index contributed by atoms with van der Waals surface area (Å²) >= 11 is 1.74. The Morgan fingerprint density at radius 1 is 1.04 bits per heavy atom. The van der Waals surface area contributed by atoms with E-state index in [9.17, 15) is 4.79 Å². The number of aromatic nitrogens is 2. The predicted molar refractivity (Wildman–Crippen MR) is 109 cm³/mol. The predicted octanol–water partition coefficient (Wildman–Crippen LogP) is 4.95. The van der Waals surface area contributed by atoms with Crippen molar-refractivity contribution >= 4 is 22.5 Å². The molecule has 0 atom stereocenters. The lowest BCUT2D eigenvalue weighted by Gasteiger charge is -2.10. The van der Waals surface area contributed by atoms with Crippen LogP contribution >= 0.6 is 11.8 Å². The molecule has 4 rings (SSSR count). The first-order valence-corrected chi connectivity index (χ1v) is 9.81. The van der Waals surface area contributed by atoms with Crippen molar-refractivity contribution in [1.82, 2.24) is 9.72 Å². The van der Waals surface area contributed by atoms with Gasteiger partial charge in [0.15, 0.2) is 5.76 Å². The van der Waals surface area contributed by atoms with Crippen molar-refractivity contribution in [3.05, 3.63) is 93.7 Å². The summed E-state index contributed by atoms with van der Waals surface area (Å²) < 4.78 is 6.97. The highest BCUT2D eigenvalue weighted by Crippen LogP contribution is 2.26. The number of hydrogen-bond donors (Lipinski definition) is 0. The molecule has 0 radical (unpaired) electrons. The van der Waals surface area contributed by atoms with E-state index in [4.69, 9.17) is 4.52 Å². The third-order valence-electron chi connectivity index (χ3n) is 4.51. The Labute approximate surface area is 161 Å². The van der Waals surface area contributed by atoms with Crippen molar-refractivity contribution < 1.29 is 4.52 Å². The van der Waals surface area contributed by atoms with Gasteiger partial charge in [-0.15, -0.1) is 11.8 Å². The van der Waals surface area contributed by atoms with E-state index in [0.29, 0.717) is 12.3 Å². The minimum atomic E-state index is -0.00758. The second-order valence-electron chi connectivity index (χ2n) is 6.66. The molecular weight excluding hydrogens is 356 g/mol. The Balaban J connectivity index is 1.66. The van der Waals surface area contributed by atoms with Gasteiger partial charge in [0.25, 0.3) is 5.56 Å². The molecule has 0 aliphatic rings.